The molecule has 156 valence electrons. The fourth-order valence-electron chi connectivity index (χ4n) is 4.09. The van der Waals surface area contributed by atoms with Crippen molar-refractivity contribution in [3.8, 4) is 11.5 Å². The molecule has 1 unspecified atom stereocenters. The second-order valence-electron chi connectivity index (χ2n) is 8.99. The van der Waals surface area contributed by atoms with Gasteiger partial charge in [0.25, 0.3) is 0 Å². The third-order valence-electron chi connectivity index (χ3n) is 6.16. The van der Waals surface area contributed by atoms with Crippen LogP contribution in [0.15, 0.2) is 48.5 Å². The van der Waals surface area contributed by atoms with Gasteiger partial charge in [-0.05, 0) is 63.9 Å². The highest BCUT2D eigenvalue weighted by Gasteiger charge is 2.32. The van der Waals surface area contributed by atoms with Gasteiger partial charge in [-0.25, -0.2) is 0 Å². The number of rotatable bonds is 8. The number of benzene rings is 2. The highest BCUT2D eigenvalue weighted by molar-refractivity contribution is 5.30. The molecule has 0 radical (unpaired) electrons. The van der Waals surface area contributed by atoms with Crippen molar-refractivity contribution in [2.24, 2.45) is 0 Å². The molecule has 2 aromatic rings. The lowest BCUT2D eigenvalue weighted by Crippen LogP contribution is -2.57. The molecule has 0 aliphatic carbocycles. The Morgan fingerprint density at radius 2 is 1.45 bits per heavy atom. The summed E-state index contributed by atoms with van der Waals surface area (Å²) < 4.78 is 12.2. The van der Waals surface area contributed by atoms with E-state index in [4.69, 9.17) is 9.47 Å². The molecule has 4 nitrogen and oxygen atoms in total. The minimum Gasteiger partial charge on any atom is -0.488 e. The maximum atomic E-state index is 6.17. The molecule has 4 heteroatoms. The smallest absolute Gasteiger partial charge is 0.124 e. The molecule has 29 heavy (non-hydrogen) atoms. The van der Waals surface area contributed by atoms with Gasteiger partial charge < -0.3 is 9.47 Å². The summed E-state index contributed by atoms with van der Waals surface area (Å²) in [4.78, 5) is 4.94. The highest BCUT2D eigenvalue weighted by Crippen LogP contribution is 2.24. The average Bonchev–Trinajstić information content (AvgIpc) is 2.62. The summed E-state index contributed by atoms with van der Waals surface area (Å²) in [6, 6.07) is 18.1. The summed E-state index contributed by atoms with van der Waals surface area (Å²) in [6.07, 6.45) is 1.68. The van der Waals surface area contributed by atoms with Gasteiger partial charge in [-0.3, -0.25) is 9.80 Å². The van der Waals surface area contributed by atoms with Crippen LogP contribution in [-0.4, -0.2) is 60.3 Å². The predicted molar refractivity (Wildman–Crippen MR) is 118 cm³/mol. The Labute approximate surface area is 175 Å². The zero-order chi connectivity index (χ0) is 20.4. The summed E-state index contributed by atoms with van der Waals surface area (Å²) in [7, 11) is 0. The fourth-order valence-corrected chi connectivity index (χ4v) is 4.09. The van der Waals surface area contributed by atoms with Crippen LogP contribution >= 0.6 is 0 Å². The van der Waals surface area contributed by atoms with Gasteiger partial charge in [0.05, 0.1) is 0 Å². The van der Waals surface area contributed by atoms with Crippen LogP contribution < -0.4 is 9.47 Å². The molecule has 0 spiro atoms. The molecule has 2 heterocycles. The average molecular weight is 395 g/mol. The lowest BCUT2D eigenvalue weighted by Gasteiger charge is -2.43. The molecule has 1 atom stereocenters. The summed E-state index contributed by atoms with van der Waals surface area (Å²) in [5.41, 5.74) is 2.61. The van der Waals surface area contributed by atoms with Crippen LogP contribution in [0.1, 0.15) is 31.9 Å². The molecular formula is C25H34N2O2. The van der Waals surface area contributed by atoms with E-state index in [1.54, 1.807) is 0 Å². The Kier molecular flexibility index (Phi) is 6.12. The number of aryl methyl sites for hydroxylation is 1. The Morgan fingerprint density at radius 1 is 0.828 bits per heavy atom. The molecule has 0 amide bonds. The summed E-state index contributed by atoms with van der Waals surface area (Å²) in [5, 5.41) is 0. The van der Waals surface area contributed by atoms with Crippen molar-refractivity contribution in [3.63, 3.8) is 0 Å². The van der Waals surface area contributed by atoms with Gasteiger partial charge in [0, 0.05) is 38.3 Å². The van der Waals surface area contributed by atoms with Gasteiger partial charge in [-0.15, -0.1) is 0 Å². The van der Waals surface area contributed by atoms with E-state index in [-0.39, 0.29) is 0 Å². The monoisotopic (exact) mass is 394 g/mol. The first-order valence-corrected chi connectivity index (χ1v) is 10.9. The number of ether oxygens (including phenoxy) is 2. The predicted octanol–water partition coefficient (Wildman–Crippen LogP) is 4.16. The van der Waals surface area contributed by atoms with E-state index in [1.165, 1.54) is 11.1 Å². The zero-order valence-corrected chi connectivity index (χ0v) is 18.2. The van der Waals surface area contributed by atoms with Gasteiger partial charge in [-0.2, -0.15) is 0 Å². The van der Waals surface area contributed by atoms with E-state index in [1.807, 2.05) is 0 Å². The Bertz CT molecular complexity index is 793. The van der Waals surface area contributed by atoms with Crippen molar-refractivity contribution in [2.75, 3.05) is 26.2 Å². The summed E-state index contributed by atoms with van der Waals surface area (Å²) in [6.45, 7) is 13.0. The molecule has 4 rings (SSSR count). The molecule has 2 aliphatic heterocycles. The van der Waals surface area contributed by atoms with Gasteiger partial charge >= 0.3 is 0 Å². The van der Waals surface area contributed by atoms with Crippen LogP contribution in [0.5, 0.6) is 11.5 Å². The first-order valence-electron chi connectivity index (χ1n) is 10.9. The van der Waals surface area contributed by atoms with Crippen LogP contribution in [0.4, 0.5) is 0 Å². The van der Waals surface area contributed by atoms with Crippen LogP contribution in [0, 0.1) is 6.92 Å². The maximum Gasteiger partial charge on any atom is 0.124 e. The molecule has 2 fully saturated rings. The topological polar surface area (TPSA) is 24.9 Å². The third-order valence-corrected chi connectivity index (χ3v) is 6.16. The van der Waals surface area contributed by atoms with E-state index in [0.29, 0.717) is 24.3 Å². The first-order chi connectivity index (χ1) is 14.0. The van der Waals surface area contributed by atoms with Crippen molar-refractivity contribution >= 4 is 0 Å². The van der Waals surface area contributed by atoms with Crippen LogP contribution in [0.2, 0.25) is 0 Å². The standard InChI is InChI=1S/C25H34N2O2/c1-18(2)26-14-24(15-26)29-23-7-5-6-21(13-23)12-20(4)27-16-25(17-27)28-22-10-8-19(3)9-11-22/h5-11,13,18,20,24-25H,12,14-17H2,1-4H3. The molecule has 0 aromatic heterocycles. The third kappa shape index (κ3) is 5.12. The van der Waals surface area contributed by atoms with E-state index in [0.717, 1.165) is 44.1 Å². The van der Waals surface area contributed by atoms with Gasteiger partial charge in [0.1, 0.15) is 23.7 Å². The normalized spacial score (nSPS) is 19.6. The minimum atomic E-state index is 0.303. The Balaban J connectivity index is 1.22. The summed E-state index contributed by atoms with van der Waals surface area (Å²) >= 11 is 0. The van der Waals surface area contributed by atoms with Crippen LogP contribution in [-0.2, 0) is 6.42 Å². The minimum absolute atomic E-state index is 0.303. The number of hydrogen-bond acceptors (Lipinski definition) is 4. The van der Waals surface area contributed by atoms with Crippen molar-refractivity contribution < 1.29 is 9.47 Å². The maximum absolute atomic E-state index is 6.17. The zero-order valence-electron chi connectivity index (χ0n) is 18.2. The van der Waals surface area contributed by atoms with Crippen LogP contribution in [0.3, 0.4) is 0 Å². The van der Waals surface area contributed by atoms with E-state index >= 15 is 0 Å². The first kappa shape index (κ1) is 20.2. The van der Waals surface area contributed by atoms with Crippen molar-refractivity contribution in [3.05, 3.63) is 59.7 Å². The van der Waals surface area contributed by atoms with Crippen molar-refractivity contribution in [1.82, 2.24) is 9.80 Å². The number of hydrogen-bond donors (Lipinski definition) is 0. The highest BCUT2D eigenvalue weighted by atomic mass is 16.5. The van der Waals surface area contributed by atoms with Gasteiger partial charge in [0.2, 0.25) is 0 Å². The Hall–Kier alpha value is -2.04. The molecule has 0 bridgehead atoms. The van der Waals surface area contributed by atoms with E-state index in [2.05, 4.69) is 86.0 Å². The lowest BCUT2D eigenvalue weighted by atomic mass is 10.0. The van der Waals surface area contributed by atoms with Crippen LogP contribution in [0.25, 0.3) is 0 Å². The number of nitrogens with zero attached hydrogens (tertiary/aromatic N) is 2. The molecule has 2 aliphatic rings. The largest absolute Gasteiger partial charge is 0.488 e. The van der Waals surface area contributed by atoms with Gasteiger partial charge in [-0.1, -0.05) is 29.8 Å². The Morgan fingerprint density at radius 3 is 2.10 bits per heavy atom. The SMILES string of the molecule is Cc1ccc(OC2CN(C(C)Cc3cccc(OC4CN(C(C)C)C4)c3)C2)cc1. The van der Waals surface area contributed by atoms with Crippen molar-refractivity contribution in [1.29, 1.82) is 0 Å². The molecule has 0 saturated carbocycles. The molecule has 0 N–H and O–H groups in total. The lowest BCUT2D eigenvalue weighted by molar-refractivity contribution is -0.00465. The van der Waals surface area contributed by atoms with Gasteiger partial charge in [0.15, 0.2) is 0 Å². The van der Waals surface area contributed by atoms with Crippen molar-refractivity contribution in [2.45, 2.75) is 58.4 Å². The molecule has 2 aromatic carbocycles. The second kappa shape index (κ2) is 8.76. The number of likely N-dealkylation sites (tertiary alicyclic amines) is 2. The second-order valence-corrected chi connectivity index (χ2v) is 8.99. The van der Waals surface area contributed by atoms with E-state index < -0.39 is 0 Å². The fraction of sp³-hybridized carbons (Fsp3) is 0.520. The summed E-state index contributed by atoms with van der Waals surface area (Å²) in [5.74, 6) is 1.98. The molecular weight excluding hydrogens is 360 g/mol. The quantitative estimate of drug-likeness (QED) is 0.671. The van der Waals surface area contributed by atoms with E-state index in [9.17, 15) is 0 Å². The molecule has 2 saturated heterocycles.